The van der Waals surface area contributed by atoms with Crippen molar-refractivity contribution in [1.29, 1.82) is 0 Å². The van der Waals surface area contributed by atoms with Crippen LogP contribution in [0, 0.1) is 10.5 Å². The first-order valence-electron chi connectivity index (χ1n) is 5.38. The lowest BCUT2D eigenvalue weighted by Crippen LogP contribution is -2.11. The van der Waals surface area contributed by atoms with Gasteiger partial charge in [-0.15, -0.1) is 11.3 Å². The van der Waals surface area contributed by atoms with E-state index in [9.17, 15) is 5.11 Å². The first-order chi connectivity index (χ1) is 8.16. The molecule has 0 radical (unpaired) electrons. The fourth-order valence-electron chi connectivity index (χ4n) is 1.57. The monoisotopic (exact) mass is 359 g/mol. The number of aliphatic hydroxyl groups excluding tert-OH is 1. The fraction of sp³-hybridized carbons (Fsp3) is 0.231. The summed E-state index contributed by atoms with van der Waals surface area (Å²) in [5, 5.41) is 15.3. The second-order valence-corrected chi connectivity index (χ2v) is 6.10. The Bertz CT molecular complexity index is 484. The van der Waals surface area contributed by atoms with E-state index in [1.807, 2.05) is 17.5 Å². The zero-order valence-electron chi connectivity index (χ0n) is 9.48. The predicted octanol–water partition coefficient (Wildman–Crippen LogP) is 3.81. The summed E-state index contributed by atoms with van der Waals surface area (Å²) in [6.07, 6.45) is -0.438. The minimum absolute atomic E-state index is 0.438. The van der Waals surface area contributed by atoms with E-state index in [1.54, 1.807) is 11.3 Å². The van der Waals surface area contributed by atoms with Gasteiger partial charge in [0.1, 0.15) is 6.10 Å². The maximum absolute atomic E-state index is 9.98. The molecule has 0 aliphatic rings. The highest BCUT2D eigenvalue weighted by molar-refractivity contribution is 14.1. The number of aryl methyl sites for hydroxylation is 1. The molecule has 4 heteroatoms. The molecule has 2 rings (SSSR count). The van der Waals surface area contributed by atoms with Crippen LogP contribution in [0.1, 0.15) is 16.5 Å². The highest BCUT2D eigenvalue weighted by atomic mass is 127. The molecule has 1 aromatic carbocycles. The Morgan fingerprint density at radius 1 is 1.41 bits per heavy atom. The number of nitrogens with one attached hydrogen (secondary N) is 1. The first-order valence-corrected chi connectivity index (χ1v) is 7.34. The van der Waals surface area contributed by atoms with Crippen molar-refractivity contribution in [1.82, 2.24) is 0 Å². The van der Waals surface area contributed by atoms with Gasteiger partial charge in [-0.05, 0) is 58.7 Å². The Hall–Kier alpha value is -0.590. The molecule has 1 unspecified atom stereocenters. The van der Waals surface area contributed by atoms with Crippen molar-refractivity contribution in [3.8, 4) is 0 Å². The first kappa shape index (κ1) is 12.9. The minimum atomic E-state index is -0.438. The van der Waals surface area contributed by atoms with Crippen LogP contribution in [0.2, 0.25) is 0 Å². The predicted molar refractivity (Wildman–Crippen MR) is 81.7 cm³/mol. The zero-order chi connectivity index (χ0) is 12.3. The smallest absolute Gasteiger partial charge is 0.105 e. The van der Waals surface area contributed by atoms with Crippen molar-refractivity contribution in [3.63, 3.8) is 0 Å². The lowest BCUT2D eigenvalue weighted by molar-refractivity contribution is 0.195. The van der Waals surface area contributed by atoms with Crippen molar-refractivity contribution in [2.24, 2.45) is 0 Å². The summed E-state index contributed by atoms with van der Waals surface area (Å²) in [5.74, 6) is 0. The lowest BCUT2D eigenvalue weighted by atomic mass is 10.2. The number of hydrogen-bond donors (Lipinski definition) is 2. The molecule has 0 saturated carbocycles. The number of benzene rings is 1. The molecule has 0 amide bonds. The van der Waals surface area contributed by atoms with Gasteiger partial charge in [0.25, 0.3) is 0 Å². The van der Waals surface area contributed by atoms with Gasteiger partial charge in [-0.25, -0.2) is 0 Å². The zero-order valence-corrected chi connectivity index (χ0v) is 12.5. The van der Waals surface area contributed by atoms with E-state index in [-0.39, 0.29) is 0 Å². The summed E-state index contributed by atoms with van der Waals surface area (Å²) in [7, 11) is 0. The van der Waals surface area contributed by atoms with Gasteiger partial charge in [0.05, 0.1) is 0 Å². The van der Waals surface area contributed by atoms with Crippen LogP contribution in [0.25, 0.3) is 0 Å². The molecule has 90 valence electrons. The SMILES string of the molecule is Cc1ccc(I)cc1NCC(O)c1cccs1. The van der Waals surface area contributed by atoms with E-state index in [0.717, 1.165) is 10.6 Å². The van der Waals surface area contributed by atoms with Gasteiger partial charge in [-0.2, -0.15) is 0 Å². The summed E-state index contributed by atoms with van der Waals surface area (Å²) in [6.45, 7) is 2.61. The summed E-state index contributed by atoms with van der Waals surface area (Å²) < 4.78 is 1.20. The van der Waals surface area contributed by atoms with Gasteiger partial charge in [0.2, 0.25) is 0 Å². The highest BCUT2D eigenvalue weighted by Crippen LogP contribution is 2.22. The van der Waals surface area contributed by atoms with Gasteiger partial charge in [0.15, 0.2) is 0 Å². The van der Waals surface area contributed by atoms with Crippen LogP contribution < -0.4 is 5.32 Å². The molecule has 1 heterocycles. The topological polar surface area (TPSA) is 32.3 Å². The molecule has 0 aliphatic heterocycles. The van der Waals surface area contributed by atoms with Crippen LogP contribution in [0.5, 0.6) is 0 Å². The van der Waals surface area contributed by atoms with Crippen LogP contribution in [0.3, 0.4) is 0 Å². The largest absolute Gasteiger partial charge is 0.386 e. The molecule has 0 aliphatic carbocycles. The maximum Gasteiger partial charge on any atom is 0.105 e. The molecule has 0 fully saturated rings. The Morgan fingerprint density at radius 2 is 2.24 bits per heavy atom. The van der Waals surface area contributed by atoms with Gasteiger partial charge in [0, 0.05) is 20.7 Å². The van der Waals surface area contributed by atoms with Crippen molar-refractivity contribution in [3.05, 3.63) is 49.7 Å². The number of hydrogen-bond acceptors (Lipinski definition) is 3. The molecule has 0 saturated heterocycles. The molecule has 2 N–H and O–H groups in total. The average molecular weight is 359 g/mol. The number of anilines is 1. The van der Waals surface area contributed by atoms with Crippen molar-refractivity contribution in [2.75, 3.05) is 11.9 Å². The fourth-order valence-corrected chi connectivity index (χ4v) is 2.78. The van der Waals surface area contributed by atoms with Gasteiger partial charge in [-0.1, -0.05) is 12.1 Å². The molecule has 2 nitrogen and oxygen atoms in total. The van der Waals surface area contributed by atoms with E-state index in [4.69, 9.17) is 0 Å². The van der Waals surface area contributed by atoms with Crippen molar-refractivity contribution < 1.29 is 5.11 Å². The normalized spacial score (nSPS) is 12.4. The van der Waals surface area contributed by atoms with Crippen molar-refractivity contribution in [2.45, 2.75) is 13.0 Å². The highest BCUT2D eigenvalue weighted by Gasteiger charge is 2.08. The number of rotatable bonds is 4. The van der Waals surface area contributed by atoms with E-state index in [1.165, 1.54) is 9.13 Å². The Morgan fingerprint density at radius 3 is 2.94 bits per heavy atom. The van der Waals surface area contributed by atoms with Crippen LogP contribution in [-0.4, -0.2) is 11.7 Å². The van der Waals surface area contributed by atoms with Gasteiger partial charge >= 0.3 is 0 Å². The molecule has 0 bridgehead atoms. The maximum atomic E-state index is 9.98. The van der Waals surface area contributed by atoms with E-state index >= 15 is 0 Å². The third kappa shape index (κ3) is 3.43. The second kappa shape index (κ2) is 5.84. The van der Waals surface area contributed by atoms with Crippen LogP contribution in [0.4, 0.5) is 5.69 Å². The quantitative estimate of drug-likeness (QED) is 0.814. The van der Waals surface area contributed by atoms with Crippen LogP contribution in [-0.2, 0) is 0 Å². The standard InChI is InChI=1S/C13H14INOS/c1-9-4-5-10(14)7-11(9)15-8-12(16)13-3-2-6-17-13/h2-7,12,15-16H,8H2,1H3. The Labute approximate surface area is 119 Å². The lowest BCUT2D eigenvalue weighted by Gasteiger charge is -2.13. The Kier molecular flexibility index (Phi) is 4.42. The second-order valence-electron chi connectivity index (χ2n) is 3.87. The molecule has 0 spiro atoms. The van der Waals surface area contributed by atoms with Crippen LogP contribution >= 0.6 is 33.9 Å². The minimum Gasteiger partial charge on any atom is -0.386 e. The molecular formula is C13H14INOS. The van der Waals surface area contributed by atoms with E-state index < -0.39 is 6.10 Å². The third-order valence-corrected chi connectivity index (χ3v) is 4.20. The molecule has 17 heavy (non-hydrogen) atoms. The van der Waals surface area contributed by atoms with Gasteiger partial charge < -0.3 is 10.4 Å². The summed E-state index contributed by atoms with van der Waals surface area (Å²) in [6, 6.07) is 10.2. The Balaban J connectivity index is 2.00. The number of halogens is 1. The third-order valence-electron chi connectivity index (χ3n) is 2.56. The molecule has 1 aromatic heterocycles. The van der Waals surface area contributed by atoms with E-state index in [0.29, 0.717) is 6.54 Å². The summed E-state index contributed by atoms with van der Waals surface area (Å²) in [5.41, 5.74) is 2.29. The average Bonchev–Trinajstić information content (AvgIpc) is 2.83. The number of thiophene rings is 1. The van der Waals surface area contributed by atoms with Crippen LogP contribution in [0.15, 0.2) is 35.7 Å². The van der Waals surface area contributed by atoms with Gasteiger partial charge in [-0.3, -0.25) is 0 Å². The molecule has 1 atom stereocenters. The number of aliphatic hydroxyl groups is 1. The molecule has 2 aromatic rings. The van der Waals surface area contributed by atoms with E-state index in [2.05, 4.69) is 53.0 Å². The summed E-state index contributed by atoms with van der Waals surface area (Å²) in [4.78, 5) is 1.00. The van der Waals surface area contributed by atoms with Crippen molar-refractivity contribution >= 4 is 39.6 Å². The summed E-state index contributed by atoms with van der Waals surface area (Å²) >= 11 is 3.87. The molecular weight excluding hydrogens is 345 g/mol.